The lowest BCUT2D eigenvalue weighted by Crippen LogP contribution is -1.75. The zero-order valence-electron chi connectivity index (χ0n) is 7.36. The van der Waals surface area contributed by atoms with Crippen molar-refractivity contribution in [3.8, 4) is 5.75 Å². The molecule has 1 heterocycles. The van der Waals surface area contributed by atoms with E-state index in [1.807, 2.05) is 24.3 Å². The summed E-state index contributed by atoms with van der Waals surface area (Å²) in [5.74, 6) is 0.311. The van der Waals surface area contributed by atoms with Crippen LogP contribution in [0.5, 0.6) is 5.75 Å². The summed E-state index contributed by atoms with van der Waals surface area (Å²) >= 11 is 0. The van der Waals surface area contributed by atoms with Crippen LogP contribution in [-0.4, -0.2) is 15.3 Å². The Hall–Kier alpha value is -2.03. The molecule has 0 saturated heterocycles. The number of aromatic amines is 1. The van der Waals surface area contributed by atoms with Crippen molar-refractivity contribution in [2.24, 2.45) is 0 Å². The van der Waals surface area contributed by atoms with Crippen LogP contribution in [0, 0.1) is 0 Å². The summed E-state index contributed by atoms with van der Waals surface area (Å²) in [5.41, 5.74) is 0.989. The molecule has 0 aliphatic heterocycles. The van der Waals surface area contributed by atoms with Crippen molar-refractivity contribution in [2.45, 2.75) is 0 Å². The van der Waals surface area contributed by atoms with Gasteiger partial charge in [-0.1, -0.05) is 12.1 Å². The predicted octanol–water partition coefficient (Wildman–Crippen LogP) is 2.42. The number of hydrogen-bond donors (Lipinski definition) is 2. The van der Waals surface area contributed by atoms with Crippen LogP contribution in [0.25, 0.3) is 21.7 Å². The Morgan fingerprint density at radius 3 is 2.86 bits per heavy atom. The highest BCUT2D eigenvalue weighted by Crippen LogP contribution is 2.29. The number of aromatic hydroxyl groups is 1. The van der Waals surface area contributed by atoms with E-state index in [0.717, 1.165) is 21.7 Å². The van der Waals surface area contributed by atoms with Gasteiger partial charge in [0, 0.05) is 10.8 Å². The Morgan fingerprint density at radius 1 is 1.00 bits per heavy atom. The molecule has 3 heteroatoms. The minimum atomic E-state index is 0.311. The summed E-state index contributed by atoms with van der Waals surface area (Å²) in [7, 11) is 0. The third-order valence-electron chi connectivity index (χ3n) is 2.46. The molecule has 0 aliphatic carbocycles. The number of H-pyrrole nitrogens is 1. The first-order chi connectivity index (χ1) is 6.86. The Kier molecular flexibility index (Phi) is 1.31. The molecule has 3 nitrogen and oxygen atoms in total. The maximum Gasteiger partial charge on any atom is 0.123 e. The third-order valence-corrected chi connectivity index (χ3v) is 2.46. The van der Waals surface area contributed by atoms with E-state index < -0.39 is 0 Å². The lowest BCUT2D eigenvalue weighted by Gasteiger charge is -2.00. The molecule has 14 heavy (non-hydrogen) atoms. The summed E-state index contributed by atoms with van der Waals surface area (Å²) in [5, 5.41) is 19.4. The summed E-state index contributed by atoms with van der Waals surface area (Å²) in [6, 6.07) is 9.32. The number of hydrogen-bond acceptors (Lipinski definition) is 2. The predicted molar refractivity (Wildman–Crippen MR) is 55.3 cm³/mol. The Balaban J connectivity index is 2.64. The molecule has 0 unspecified atom stereocenters. The van der Waals surface area contributed by atoms with Gasteiger partial charge < -0.3 is 5.11 Å². The van der Waals surface area contributed by atoms with E-state index >= 15 is 0 Å². The zero-order valence-corrected chi connectivity index (χ0v) is 7.36. The Morgan fingerprint density at radius 2 is 1.93 bits per heavy atom. The van der Waals surface area contributed by atoms with Gasteiger partial charge in [-0.25, -0.2) is 0 Å². The van der Waals surface area contributed by atoms with Crippen molar-refractivity contribution >= 4 is 21.7 Å². The molecule has 68 valence electrons. The van der Waals surface area contributed by atoms with E-state index in [-0.39, 0.29) is 0 Å². The van der Waals surface area contributed by atoms with Crippen LogP contribution < -0.4 is 0 Å². The molecule has 0 amide bonds. The van der Waals surface area contributed by atoms with Gasteiger partial charge in [-0.15, -0.1) is 0 Å². The van der Waals surface area contributed by atoms with Gasteiger partial charge in [0.25, 0.3) is 0 Å². The fourth-order valence-corrected chi connectivity index (χ4v) is 1.77. The Bertz CT molecular complexity index is 613. The number of aromatic nitrogens is 2. The van der Waals surface area contributed by atoms with E-state index in [0.29, 0.717) is 5.75 Å². The van der Waals surface area contributed by atoms with Gasteiger partial charge in [-0.3, -0.25) is 5.10 Å². The smallest absolute Gasteiger partial charge is 0.123 e. The lowest BCUT2D eigenvalue weighted by atomic mass is 10.1. The van der Waals surface area contributed by atoms with E-state index in [1.165, 1.54) is 0 Å². The average molecular weight is 184 g/mol. The minimum Gasteiger partial charge on any atom is -0.507 e. The van der Waals surface area contributed by atoms with E-state index in [1.54, 1.807) is 12.3 Å². The molecule has 0 atom stereocenters. The number of phenols is 1. The first kappa shape index (κ1) is 7.38. The molecule has 3 rings (SSSR count). The van der Waals surface area contributed by atoms with E-state index in [4.69, 9.17) is 0 Å². The second-order valence-electron chi connectivity index (χ2n) is 3.27. The lowest BCUT2D eigenvalue weighted by molar-refractivity contribution is 0.481. The maximum atomic E-state index is 9.64. The van der Waals surface area contributed by atoms with Crippen LogP contribution in [0.15, 0.2) is 36.5 Å². The van der Waals surface area contributed by atoms with Crippen LogP contribution in [0.4, 0.5) is 0 Å². The highest BCUT2D eigenvalue weighted by atomic mass is 16.3. The van der Waals surface area contributed by atoms with Crippen molar-refractivity contribution in [3.05, 3.63) is 36.5 Å². The molecular formula is C11H8N2O. The molecule has 0 fully saturated rings. The number of fused-ring (bicyclic) bond motifs is 3. The maximum absolute atomic E-state index is 9.64. The summed E-state index contributed by atoms with van der Waals surface area (Å²) in [4.78, 5) is 0. The van der Waals surface area contributed by atoms with Crippen LogP contribution in [0.2, 0.25) is 0 Å². The van der Waals surface area contributed by atoms with E-state index in [2.05, 4.69) is 10.2 Å². The van der Waals surface area contributed by atoms with Crippen LogP contribution in [-0.2, 0) is 0 Å². The van der Waals surface area contributed by atoms with Crippen molar-refractivity contribution in [3.63, 3.8) is 0 Å². The molecule has 0 spiro atoms. The van der Waals surface area contributed by atoms with Gasteiger partial charge in [0.1, 0.15) is 5.75 Å². The van der Waals surface area contributed by atoms with Crippen LogP contribution in [0.3, 0.4) is 0 Å². The second-order valence-corrected chi connectivity index (χ2v) is 3.27. The van der Waals surface area contributed by atoms with E-state index in [9.17, 15) is 5.11 Å². The monoisotopic (exact) mass is 184 g/mol. The van der Waals surface area contributed by atoms with Gasteiger partial charge in [-0.05, 0) is 23.6 Å². The molecule has 0 aliphatic rings. The van der Waals surface area contributed by atoms with Crippen LogP contribution >= 0.6 is 0 Å². The molecule has 3 aromatic rings. The molecule has 2 aromatic carbocycles. The van der Waals surface area contributed by atoms with Crippen molar-refractivity contribution in [1.82, 2.24) is 10.2 Å². The number of benzene rings is 2. The molecule has 1 aromatic heterocycles. The van der Waals surface area contributed by atoms with Gasteiger partial charge >= 0.3 is 0 Å². The minimum absolute atomic E-state index is 0.311. The number of nitrogens with one attached hydrogen (secondary N) is 1. The highest BCUT2D eigenvalue weighted by molar-refractivity contribution is 6.07. The van der Waals surface area contributed by atoms with Gasteiger partial charge in [0.2, 0.25) is 0 Å². The fourth-order valence-electron chi connectivity index (χ4n) is 1.77. The number of nitrogens with zero attached hydrogens (tertiary/aromatic N) is 1. The number of phenolic OH excluding ortho intramolecular Hbond substituents is 1. The highest BCUT2D eigenvalue weighted by Gasteiger charge is 2.03. The molecule has 0 bridgehead atoms. The molecule has 0 radical (unpaired) electrons. The largest absolute Gasteiger partial charge is 0.507 e. The third kappa shape index (κ3) is 0.836. The van der Waals surface area contributed by atoms with Gasteiger partial charge in [0.15, 0.2) is 0 Å². The van der Waals surface area contributed by atoms with Crippen molar-refractivity contribution < 1.29 is 5.11 Å². The molecular weight excluding hydrogens is 176 g/mol. The SMILES string of the molecule is Oc1cccc2c1ccc1[nH]ncc12. The summed E-state index contributed by atoms with van der Waals surface area (Å²) in [6.45, 7) is 0. The standard InChI is InChI=1S/C11H8N2O/c14-11-3-1-2-7-8(11)4-5-10-9(7)6-12-13-10/h1-6,14H,(H,12,13). The first-order valence-corrected chi connectivity index (χ1v) is 4.40. The zero-order chi connectivity index (χ0) is 9.54. The fraction of sp³-hybridized carbons (Fsp3) is 0. The van der Waals surface area contributed by atoms with Crippen molar-refractivity contribution in [1.29, 1.82) is 0 Å². The van der Waals surface area contributed by atoms with Gasteiger partial charge in [-0.2, -0.15) is 5.10 Å². The topological polar surface area (TPSA) is 48.9 Å². The van der Waals surface area contributed by atoms with Crippen molar-refractivity contribution in [2.75, 3.05) is 0 Å². The summed E-state index contributed by atoms with van der Waals surface area (Å²) in [6.07, 6.45) is 1.77. The van der Waals surface area contributed by atoms with Gasteiger partial charge in [0.05, 0.1) is 11.7 Å². The number of rotatable bonds is 0. The van der Waals surface area contributed by atoms with Crippen LogP contribution in [0.1, 0.15) is 0 Å². The second kappa shape index (κ2) is 2.48. The summed E-state index contributed by atoms with van der Waals surface area (Å²) < 4.78 is 0. The first-order valence-electron chi connectivity index (χ1n) is 4.40. The molecule has 0 saturated carbocycles. The molecule has 2 N–H and O–H groups in total. The average Bonchev–Trinajstić information content (AvgIpc) is 2.66. The quantitative estimate of drug-likeness (QED) is 0.563. The Labute approximate surface area is 80.0 Å². The normalized spacial score (nSPS) is 11.1.